The van der Waals surface area contributed by atoms with Crippen molar-refractivity contribution in [3.8, 4) is 0 Å². The van der Waals surface area contributed by atoms with Gasteiger partial charge in [-0.2, -0.15) is 0 Å². The Balaban J connectivity index is 1.85. The summed E-state index contributed by atoms with van der Waals surface area (Å²) >= 11 is 0. The second-order valence-electron chi connectivity index (χ2n) is 4.12. The van der Waals surface area contributed by atoms with E-state index < -0.39 is 0 Å². The van der Waals surface area contributed by atoms with Gasteiger partial charge in [-0.25, -0.2) is 0 Å². The van der Waals surface area contributed by atoms with Crippen LogP contribution in [0.3, 0.4) is 0 Å². The summed E-state index contributed by atoms with van der Waals surface area (Å²) < 4.78 is 0. The molecule has 2 rings (SSSR count). The molecule has 12 heavy (non-hydrogen) atoms. The lowest BCUT2D eigenvalue weighted by Gasteiger charge is -2.22. The van der Waals surface area contributed by atoms with Gasteiger partial charge in [-0.15, -0.1) is 0 Å². The maximum Gasteiger partial charge on any atom is 0.124 e. The monoisotopic (exact) mass is 167 g/mol. The summed E-state index contributed by atoms with van der Waals surface area (Å²) in [5, 5.41) is 0. The Morgan fingerprint density at radius 2 is 1.92 bits per heavy atom. The van der Waals surface area contributed by atoms with Gasteiger partial charge in [-0.1, -0.05) is 12.8 Å². The van der Waals surface area contributed by atoms with Gasteiger partial charge in [-0.3, -0.25) is 4.90 Å². The molecule has 2 fully saturated rings. The van der Waals surface area contributed by atoms with Crippen LogP contribution in [0.25, 0.3) is 0 Å². The van der Waals surface area contributed by atoms with E-state index in [2.05, 4.69) is 4.90 Å². The molecule has 1 heterocycles. The highest BCUT2D eigenvalue weighted by Gasteiger charge is 2.29. The van der Waals surface area contributed by atoms with Crippen molar-refractivity contribution in [2.24, 2.45) is 5.92 Å². The van der Waals surface area contributed by atoms with Gasteiger partial charge in [0.25, 0.3) is 0 Å². The van der Waals surface area contributed by atoms with E-state index in [1.54, 1.807) is 0 Å². The second-order valence-corrected chi connectivity index (χ2v) is 4.12. The number of likely N-dealkylation sites (tertiary alicyclic amines) is 1. The first kappa shape index (κ1) is 8.24. The van der Waals surface area contributed by atoms with E-state index >= 15 is 0 Å². The minimum absolute atomic E-state index is 0.339. The van der Waals surface area contributed by atoms with E-state index in [1.807, 2.05) is 0 Å². The predicted molar refractivity (Wildman–Crippen MR) is 48.0 cm³/mol. The molecule has 1 atom stereocenters. The van der Waals surface area contributed by atoms with Gasteiger partial charge >= 0.3 is 0 Å². The molecule has 0 spiro atoms. The Bertz CT molecular complexity index is 163. The van der Waals surface area contributed by atoms with Gasteiger partial charge in [0, 0.05) is 18.5 Å². The number of carbonyl (C=O) groups is 1. The fourth-order valence-corrected chi connectivity index (χ4v) is 2.53. The van der Waals surface area contributed by atoms with E-state index in [-0.39, 0.29) is 0 Å². The van der Waals surface area contributed by atoms with Crippen molar-refractivity contribution in [1.82, 2.24) is 4.90 Å². The molecule has 1 unspecified atom stereocenters. The fourth-order valence-electron chi connectivity index (χ4n) is 2.53. The molecule has 68 valence electrons. The normalized spacial score (nSPS) is 32.8. The second kappa shape index (κ2) is 3.56. The minimum atomic E-state index is 0.339. The molecule has 2 nitrogen and oxygen atoms in total. The summed E-state index contributed by atoms with van der Waals surface area (Å²) in [5.74, 6) is 0.339. The lowest BCUT2D eigenvalue weighted by molar-refractivity contribution is -0.110. The maximum atomic E-state index is 10.5. The van der Waals surface area contributed by atoms with Crippen LogP contribution in [0.15, 0.2) is 0 Å². The standard InChI is InChI=1S/C10H17NO/c12-8-9-5-6-11(7-9)10-3-1-2-4-10/h8-10H,1-7H2. The Labute approximate surface area is 73.9 Å². The third kappa shape index (κ3) is 1.53. The highest BCUT2D eigenvalue weighted by atomic mass is 16.1. The van der Waals surface area contributed by atoms with E-state index in [0.717, 1.165) is 31.8 Å². The highest BCUT2D eigenvalue weighted by molar-refractivity contribution is 5.54. The number of nitrogens with zero attached hydrogens (tertiary/aromatic N) is 1. The summed E-state index contributed by atoms with van der Waals surface area (Å²) in [6, 6.07) is 0.815. The highest BCUT2D eigenvalue weighted by Crippen LogP contribution is 2.27. The molecule has 0 radical (unpaired) electrons. The first-order valence-corrected chi connectivity index (χ1v) is 5.09. The van der Waals surface area contributed by atoms with Crippen molar-refractivity contribution in [3.05, 3.63) is 0 Å². The van der Waals surface area contributed by atoms with Crippen molar-refractivity contribution in [2.75, 3.05) is 13.1 Å². The molecule has 0 amide bonds. The quantitative estimate of drug-likeness (QED) is 0.580. The van der Waals surface area contributed by atoms with Crippen LogP contribution in [-0.4, -0.2) is 30.3 Å². The molecule has 2 aliphatic rings. The lowest BCUT2D eigenvalue weighted by Crippen LogP contribution is -2.31. The van der Waals surface area contributed by atoms with Crippen molar-refractivity contribution >= 4 is 6.29 Å². The number of carbonyl (C=O) groups excluding carboxylic acids is 1. The Kier molecular flexibility index (Phi) is 2.45. The zero-order valence-electron chi connectivity index (χ0n) is 7.54. The van der Waals surface area contributed by atoms with Crippen LogP contribution in [0.4, 0.5) is 0 Å². The lowest BCUT2D eigenvalue weighted by atomic mass is 10.1. The van der Waals surface area contributed by atoms with Crippen LogP contribution in [0.5, 0.6) is 0 Å². The first-order valence-electron chi connectivity index (χ1n) is 5.09. The van der Waals surface area contributed by atoms with E-state index in [1.165, 1.54) is 25.7 Å². The van der Waals surface area contributed by atoms with Crippen LogP contribution in [0.2, 0.25) is 0 Å². The predicted octanol–water partition coefficient (Wildman–Crippen LogP) is 1.45. The molecular weight excluding hydrogens is 150 g/mol. The molecule has 0 N–H and O–H groups in total. The zero-order chi connectivity index (χ0) is 8.39. The summed E-state index contributed by atoms with van der Waals surface area (Å²) in [7, 11) is 0. The van der Waals surface area contributed by atoms with E-state index in [0.29, 0.717) is 5.92 Å². The van der Waals surface area contributed by atoms with E-state index in [4.69, 9.17) is 0 Å². The van der Waals surface area contributed by atoms with E-state index in [9.17, 15) is 4.79 Å². The van der Waals surface area contributed by atoms with Crippen molar-refractivity contribution in [2.45, 2.75) is 38.1 Å². The fraction of sp³-hybridized carbons (Fsp3) is 0.900. The van der Waals surface area contributed by atoms with Gasteiger partial charge < -0.3 is 4.79 Å². The molecule has 0 bridgehead atoms. The first-order chi connectivity index (χ1) is 5.90. The molecule has 1 aliphatic carbocycles. The maximum absolute atomic E-state index is 10.5. The van der Waals surface area contributed by atoms with Crippen LogP contribution >= 0.6 is 0 Å². The zero-order valence-corrected chi connectivity index (χ0v) is 7.54. The number of hydrogen-bond donors (Lipinski definition) is 0. The van der Waals surface area contributed by atoms with Crippen molar-refractivity contribution in [3.63, 3.8) is 0 Å². The Morgan fingerprint density at radius 3 is 2.50 bits per heavy atom. The topological polar surface area (TPSA) is 20.3 Å². The largest absolute Gasteiger partial charge is 0.303 e. The number of rotatable bonds is 2. The third-order valence-electron chi connectivity index (χ3n) is 3.29. The van der Waals surface area contributed by atoms with Gasteiger partial charge in [0.2, 0.25) is 0 Å². The summed E-state index contributed by atoms with van der Waals surface area (Å²) in [6.45, 7) is 2.20. The summed E-state index contributed by atoms with van der Waals surface area (Å²) in [4.78, 5) is 13.1. The molecular formula is C10H17NO. The SMILES string of the molecule is O=CC1CCN(C2CCCC2)C1. The minimum Gasteiger partial charge on any atom is -0.303 e. The molecule has 2 heteroatoms. The number of aldehydes is 1. The molecule has 1 saturated carbocycles. The van der Waals surface area contributed by atoms with Gasteiger partial charge in [0.1, 0.15) is 6.29 Å². The average Bonchev–Trinajstić information content (AvgIpc) is 2.75. The smallest absolute Gasteiger partial charge is 0.124 e. The van der Waals surface area contributed by atoms with Crippen LogP contribution in [-0.2, 0) is 4.79 Å². The van der Waals surface area contributed by atoms with Crippen LogP contribution < -0.4 is 0 Å². The van der Waals surface area contributed by atoms with Gasteiger partial charge in [0.05, 0.1) is 0 Å². The molecule has 1 aliphatic heterocycles. The van der Waals surface area contributed by atoms with Crippen LogP contribution in [0.1, 0.15) is 32.1 Å². The molecule has 0 aromatic rings. The summed E-state index contributed by atoms with van der Waals surface area (Å²) in [5.41, 5.74) is 0. The average molecular weight is 167 g/mol. The van der Waals surface area contributed by atoms with Gasteiger partial charge in [0.15, 0.2) is 0 Å². The third-order valence-corrected chi connectivity index (χ3v) is 3.29. The number of hydrogen-bond acceptors (Lipinski definition) is 2. The van der Waals surface area contributed by atoms with Crippen LogP contribution in [0, 0.1) is 5.92 Å². The molecule has 0 aromatic carbocycles. The van der Waals surface area contributed by atoms with Crippen molar-refractivity contribution in [1.29, 1.82) is 0 Å². The summed E-state index contributed by atoms with van der Waals surface area (Å²) in [6.07, 6.45) is 7.76. The Morgan fingerprint density at radius 1 is 1.17 bits per heavy atom. The van der Waals surface area contributed by atoms with Crippen molar-refractivity contribution < 1.29 is 4.79 Å². The van der Waals surface area contributed by atoms with Gasteiger partial charge in [-0.05, 0) is 25.8 Å². The molecule has 0 aromatic heterocycles. The molecule has 1 saturated heterocycles. The Hall–Kier alpha value is -0.370.